The number of rotatable bonds is 6. The van der Waals surface area contributed by atoms with Gasteiger partial charge in [0.25, 0.3) is 0 Å². The summed E-state index contributed by atoms with van der Waals surface area (Å²) in [6.07, 6.45) is 2.26. The van der Waals surface area contributed by atoms with Gasteiger partial charge in [0.05, 0.1) is 12.2 Å². The third-order valence-corrected chi connectivity index (χ3v) is 3.00. The second kappa shape index (κ2) is 6.48. The predicted octanol–water partition coefficient (Wildman–Crippen LogP) is 3.14. The van der Waals surface area contributed by atoms with Gasteiger partial charge < -0.3 is 10.5 Å². The lowest BCUT2D eigenvalue weighted by atomic mass is 10.1. The molecule has 0 aliphatic rings. The summed E-state index contributed by atoms with van der Waals surface area (Å²) in [6, 6.07) is 7.66. The zero-order valence-corrected chi connectivity index (χ0v) is 10.7. The van der Waals surface area contributed by atoms with E-state index in [-0.39, 0.29) is 0 Å². The Bertz CT molecular complexity index is 348. The second-order valence-electron chi connectivity index (χ2n) is 3.85. The van der Waals surface area contributed by atoms with Crippen LogP contribution in [0.1, 0.15) is 32.3 Å². The van der Waals surface area contributed by atoms with Crippen molar-refractivity contribution >= 4 is 17.2 Å². The van der Waals surface area contributed by atoms with E-state index in [0.717, 1.165) is 30.8 Å². The quantitative estimate of drug-likeness (QED) is 0.772. The zero-order valence-electron chi connectivity index (χ0n) is 9.90. The van der Waals surface area contributed by atoms with E-state index in [4.69, 9.17) is 22.7 Å². The molecule has 0 radical (unpaired) electrons. The molecule has 0 fully saturated rings. The van der Waals surface area contributed by atoms with Gasteiger partial charge in [-0.1, -0.05) is 51.0 Å². The van der Waals surface area contributed by atoms with Crippen LogP contribution >= 0.6 is 12.2 Å². The first-order valence-corrected chi connectivity index (χ1v) is 6.11. The van der Waals surface area contributed by atoms with Crippen LogP contribution in [0.5, 0.6) is 5.75 Å². The molecule has 1 rings (SSSR count). The Morgan fingerprint density at radius 2 is 1.94 bits per heavy atom. The van der Waals surface area contributed by atoms with Crippen LogP contribution in [0.3, 0.4) is 0 Å². The van der Waals surface area contributed by atoms with Gasteiger partial charge in [0.1, 0.15) is 10.7 Å². The number of benzene rings is 1. The molecule has 88 valence electrons. The maximum atomic E-state index is 5.77. The van der Waals surface area contributed by atoms with Crippen molar-refractivity contribution in [1.29, 1.82) is 0 Å². The third-order valence-electron chi connectivity index (χ3n) is 2.78. The topological polar surface area (TPSA) is 35.2 Å². The Hall–Kier alpha value is -1.09. The summed E-state index contributed by atoms with van der Waals surface area (Å²) in [7, 11) is 0. The molecule has 0 bridgehead atoms. The summed E-state index contributed by atoms with van der Waals surface area (Å²) in [6.45, 7) is 5.08. The maximum Gasteiger partial charge on any atom is 0.129 e. The molecule has 0 unspecified atom stereocenters. The zero-order chi connectivity index (χ0) is 12.0. The van der Waals surface area contributed by atoms with Gasteiger partial charge in [-0.2, -0.15) is 0 Å². The van der Waals surface area contributed by atoms with Crippen LogP contribution in [0.4, 0.5) is 0 Å². The number of nitrogens with two attached hydrogens (primary N) is 1. The molecular formula is C13H19NOS. The molecule has 0 aliphatic carbocycles. The van der Waals surface area contributed by atoms with Gasteiger partial charge in [-0.3, -0.25) is 0 Å². The third kappa shape index (κ3) is 3.49. The normalized spacial score (nSPS) is 10.4. The van der Waals surface area contributed by atoms with Crippen LogP contribution < -0.4 is 10.5 Å². The molecular weight excluding hydrogens is 218 g/mol. The molecule has 0 saturated heterocycles. The first-order chi connectivity index (χ1) is 7.69. The minimum Gasteiger partial charge on any atom is -0.493 e. The Morgan fingerprint density at radius 1 is 1.31 bits per heavy atom. The summed E-state index contributed by atoms with van der Waals surface area (Å²) in [5, 5.41) is 0. The van der Waals surface area contributed by atoms with Gasteiger partial charge in [-0.25, -0.2) is 0 Å². The molecule has 0 amide bonds. The molecule has 0 saturated carbocycles. The Morgan fingerprint density at radius 3 is 2.50 bits per heavy atom. The van der Waals surface area contributed by atoms with Crippen molar-refractivity contribution in [1.82, 2.24) is 0 Å². The van der Waals surface area contributed by atoms with Crippen molar-refractivity contribution < 1.29 is 4.74 Å². The Kier molecular flexibility index (Phi) is 5.26. The summed E-state index contributed by atoms with van der Waals surface area (Å²) in [4.78, 5) is 0.389. The van der Waals surface area contributed by atoms with E-state index < -0.39 is 0 Å². The van der Waals surface area contributed by atoms with Crippen molar-refractivity contribution in [2.45, 2.75) is 26.7 Å². The van der Waals surface area contributed by atoms with E-state index in [0.29, 0.717) is 10.9 Å². The van der Waals surface area contributed by atoms with Gasteiger partial charge in [0.2, 0.25) is 0 Å². The van der Waals surface area contributed by atoms with Crippen LogP contribution in [-0.2, 0) is 0 Å². The molecule has 0 aromatic heterocycles. The lowest BCUT2D eigenvalue weighted by Crippen LogP contribution is -2.15. The predicted molar refractivity (Wildman–Crippen MR) is 71.9 cm³/mol. The Labute approximate surface area is 103 Å². The van der Waals surface area contributed by atoms with E-state index in [1.165, 1.54) is 0 Å². The molecule has 0 heterocycles. The second-order valence-corrected chi connectivity index (χ2v) is 4.29. The summed E-state index contributed by atoms with van der Waals surface area (Å²) >= 11 is 4.98. The van der Waals surface area contributed by atoms with Crippen LogP contribution in [0.15, 0.2) is 24.3 Å². The van der Waals surface area contributed by atoms with E-state index in [9.17, 15) is 0 Å². The van der Waals surface area contributed by atoms with Gasteiger partial charge >= 0.3 is 0 Å². The lowest BCUT2D eigenvalue weighted by molar-refractivity contribution is 0.240. The monoisotopic (exact) mass is 237 g/mol. The molecule has 2 N–H and O–H groups in total. The number of para-hydroxylation sites is 1. The van der Waals surface area contributed by atoms with Gasteiger partial charge in [0, 0.05) is 0 Å². The number of ether oxygens (including phenoxy) is 1. The van der Waals surface area contributed by atoms with E-state index in [2.05, 4.69) is 13.8 Å². The molecule has 0 spiro atoms. The molecule has 3 heteroatoms. The van der Waals surface area contributed by atoms with Crippen molar-refractivity contribution in [2.24, 2.45) is 11.7 Å². The molecule has 1 aromatic carbocycles. The van der Waals surface area contributed by atoms with Crippen LogP contribution in [-0.4, -0.2) is 11.6 Å². The van der Waals surface area contributed by atoms with Crippen LogP contribution in [0, 0.1) is 5.92 Å². The Balaban J connectivity index is 2.69. The van der Waals surface area contributed by atoms with E-state index >= 15 is 0 Å². The van der Waals surface area contributed by atoms with Crippen molar-refractivity contribution in [3.05, 3.63) is 29.8 Å². The van der Waals surface area contributed by atoms with Gasteiger partial charge in [-0.05, 0) is 18.1 Å². The molecule has 0 atom stereocenters. The van der Waals surface area contributed by atoms with E-state index in [1.807, 2.05) is 24.3 Å². The highest BCUT2D eigenvalue weighted by atomic mass is 32.1. The summed E-state index contributed by atoms with van der Waals surface area (Å²) in [5.74, 6) is 1.39. The molecule has 0 aliphatic heterocycles. The van der Waals surface area contributed by atoms with Crippen LogP contribution in [0.2, 0.25) is 0 Å². The minimum absolute atomic E-state index is 0.389. The highest BCUT2D eigenvalue weighted by Crippen LogP contribution is 2.19. The standard InChI is InChI=1S/C13H19NOS/c1-3-10(4-2)9-15-12-8-6-5-7-11(12)13(14)16/h5-8,10H,3-4,9H2,1-2H3,(H2,14,16). The van der Waals surface area contributed by atoms with Crippen molar-refractivity contribution in [2.75, 3.05) is 6.61 Å². The smallest absolute Gasteiger partial charge is 0.129 e. The average molecular weight is 237 g/mol. The minimum atomic E-state index is 0.389. The lowest BCUT2D eigenvalue weighted by Gasteiger charge is -2.15. The van der Waals surface area contributed by atoms with Crippen LogP contribution in [0.25, 0.3) is 0 Å². The molecule has 16 heavy (non-hydrogen) atoms. The summed E-state index contributed by atoms with van der Waals surface area (Å²) in [5.41, 5.74) is 6.46. The molecule has 2 nitrogen and oxygen atoms in total. The van der Waals surface area contributed by atoms with Crippen molar-refractivity contribution in [3.63, 3.8) is 0 Å². The number of hydrogen-bond acceptors (Lipinski definition) is 2. The van der Waals surface area contributed by atoms with Gasteiger partial charge in [-0.15, -0.1) is 0 Å². The molecule has 1 aromatic rings. The number of hydrogen-bond donors (Lipinski definition) is 1. The highest BCUT2D eigenvalue weighted by Gasteiger charge is 2.08. The fraction of sp³-hybridized carbons (Fsp3) is 0.462. The first kappa shape index (κ1) is 13.0. The highest BCUT2D eigenvalue weighted by molar-refractivity contribution is 7.80. The SMILES string of the molecule is CCC(CC)COc1ccccc1C(N)=S. The number of thiocarbonyl (C=S) groups is 1. The van der Waals surface area contributed by atoms with Gasteiger partial charge in [0.15, 0.2) is 0 Å². The first-order valence-electron chi connectivity index (χ1n) is 5.70. The fourth-order valence-corrected chi connectivity index (χ4v) is 1.70. The summed E-state index contributed by atoms with van der Waals surface area (Å²) < 4.78 is 5.77. The average Bonchev–Trinajstić information content (AvgIpc) is 2.30. The fourth-order valence-electron chi connectivity index (χ4n) is 1.53. The van der Waals surface area contributed by atoms with E-state index in [1.54, 1.807) is 0 Å². The largest absolute Gasteiger partial charge is 0.493 e. The van der Waals surface area contributed by atoms with Crippen molar-refractivity contribution in [3.8, 4) is 5.75 Å². The maximum absolute atomic E-state index is 5.77.